The molecule has 19 heavy (non-hydrogen) atoms. The number of furan rings is 1. The van der Waals surface area contributed by atoms with E-state index in [9.17, 15) is 17.6 Å². The van der Waals surface area contributed by atoms with Gasteiger partial charge in [-0.15, -0.1) is 0 Å². The van der Waals surface area contributed by atoms with E-state index in [1.807, 2.05) is 0 Å². The lowest BCUT2D eigenvalue weighted by Gasteiger charge is -2.06. The van der Waals surface area contributed by atoms with Crippen molar-refractivity contribution in [2.45, 2.75) is 11.8 Å². The Morgan fingerprint density at radius 2 is 2.05 bits per heavy atom. The number of hydrogen-bond donors (Lipinski definition) is 1. The number of benzene rings is 1. The van der Waals surface area contributed by atoms with Gasteiger partial charge < -0.3 is 4.42 Å². The predicted octanol–water partition coefficient (Wildman–Crippen LogP) is 1.85. The molecule has 0 radical (unpaired) electrons. The van der Waals surface area contributed by atoms with Crippen LogP contribution in [0.5, 0.6) is 0 Å². The van der Waals surface area contributed by atoms with E-state index in [0.29, 0.717) is 5.56 Å². The monoisotopic (exact) mass is 283 g/mol. The van der Waals surface area contributed by atoms with E-state index in [1.54, 1.807) is 11.6 Å². The highest BCUT2D eigenvalue weighted by molar-refractivity contribution is 7.90. The van der Waals surface area contributed by atoms with Crippen LogP contribution in [0.25, 0.3) is 0 Å². The van der Waals surface area contributed by atoms with Crippen LogP contribution in [-0.2, 0) is 10.0 Å². The van der Waals surface area contributed by atoms with E-state index in [2.05, 4.69) is 0 Å². The largest absolute Gasteiger partial charge is 0.459 e. The maximum atomic E-state index is 13.2. The van der Waals surface area contributed by atoms with Gasteiger partial charge in [-0.3, -0.25) is 4.79 Å². The van der Waals surface area contributed by atoms with Crippen LogP contribution in [0.3, 0.4) is 0 Å². The smallest absolute Gasteiger partial charge is 0.300 e. The summed E-state index contributed by atoms with van der Waals surface area (Å²) in [6, 6.07) is 6.06. The van der Waals surface area contributed by atoms with Gasteiger partial charge in [-0.05, 0) is 42.8 Å². The van der Waals surface area contributed by atoms with Crippen molar-refractivity contribution in [3.05, 3.63) is 53.7 Å². The Morgan fingerprint density at radius 3 is 2.63 bits per heavy atom. The molecule has 1 aromatic carbocycles. The van der Waals surface area contributed by atoms with Gasteiger partial charge in [-0.2, -0.15) is 0 Å². The number of nitrogens with one attached hydrogen (secondary N) is 1. The highest BCUT2D eigenvalue weighted by atomic mass is 32.2. The van der Waals surface area contributed by atoms with Crippen LogP contribution < -0.4 is 4.72 Å². The molecule has 2 rings (SSSR count). The van der Waals surface area contributed by atoms with Gasteiger partial charge in [0, 0.05) is 0 Å². The number of aryl methyl sites for hydroxylation is 1. The number of carbonyl (C=O) groups is 1. The molecule has 0 saturated carbocycles. The Bertz CT molecular complexity index is 687. The van der Waals surface area contributed by atoms with E-state index in [-0.39, 0.29) is 10.7 Å². The fourth-order valence-electron chi connectivity index (χ4n) is 1.50. The van der Waals surface area contributed by atoms with E-state index in [0.717, 1.165) is 6.07 Å². The van der Waals surface area contributed by atoms with Crippen LogP contribution in [0.2, 0.25) is 0 Å². The van der Waals surface area contributed by atoms with Gasteiger partial charge in [0.15, 0.2) is 5.76 Å². The molecule has 0 bridgehead atoms. The highest BCUT2D eigenvalue weighted by Crippen LogP contribution is 2.14. The molecule has 0 aliphatic heterocycles. The maximum absolute atomic E-state index is 13.2. The van der Waals surface area contributed by atoms with Crippen molar-refractivity contribution in [1.29, 1.82) is 0 Å². The molecule has 1 heterocycles. The van der Waals surface area contributed by atoms with Gasteiger partial charge in [-0.1, -0.05) is 0 Å². The van der Waals surface area contributed by atoms with E-state index in [1.165, 1.54) is 30.5 Å². The van der Waals surface area contributed by atoms with Crippen LogP contribution >= 0.6 is 0 Å². The Morgan fingerprint density at radius 1 is 1.32 bits per heavy atom. The molecular formula is C12H10FNO4S. The topological polar surface area (TPSA) is 76.4 Å². The van der Waals surface area contributed by atoms with Crippen molar-refractivity contribution in [1.82, 2.24) is 4.72 Å². The summed E-state index contributed by atoms with van der Waals surface area (Å²) in [6.45, 7) is 1.55. The first-order chi connectivity index (χ1) is 8.88. The normalized spacial score (nSPS) is 11.3. The molecule has 5 nitrogen and oxygen atoms in total. The fraction of sp³-hybridized carbons (Fsp3) is 0.0833. The zero-order valence-corrected chi connectivity index (χ0v) is 10.7. The summed E-state index contributed by atoms with van der Waals surface area (Å²) in [5.74, 6) is -1.74. The summed E-state index contributed by atoms with van der Waals surface area (Å²) < 4.78 is 43.6. The van der Waals surface area contributed by atoms with Gasteiger partial charge in [0.05, 0.1) is 11.2 Å². The third-order valence-corrected chi connectivity index (χ3v) is 3.61. The minimum Gasteiger partial charge on any atom is -0.459 e. The molecule has 0 aliphatic carbocycles. The number of carbonyl (C=O) groups excluding carboxylic acids is 1. The van der Waals surface area contributed by atoms with Gasteiger partial charge >= 0.3 is 5.91 Å². The minimum absolute atomic E-state index is 0.142. The molecule has 1 amide bonds. The standard InChI is InChI=1S/C12H10FNO4S/c1-8-5-9(13)7-10(6-8)19(16,17)14-12(15)11-3-2-4-18-11/h2-7H,1H3,(H,14,15). The number of amides is 1. The molecule has 0 spiro atoms. The molecule has 1 N–H and O–H groups in total. The summed E-state index contributed by atoms with van der Waals surface area (Å²) >= 11 is 0. The molecule has 1 aromatic heterocycles. The van der Waals surface area contributed by atoms with Gasteiger partial charge in [0.25, 0.3) is 10.0 Å². The predicted molar refractivity (Wildman–Crippen MR) is 64.5 cm³/mol. The molecule has 100 valence electrons. The van der Waals surface area contributed by atoms with Crippen molar-refractivity contribution >= 4 is 15.9 Å². The van der Waals surface area contributed by atoms with Crippen LogP contribution in [-0.4, -0.2) is 14.3 Å². The minimum atomic E-state index is -4.13. The molecular weight excluding hydrogens is 273 g/mol. The average molecular weight is 283 g/mol. The molecule has 0 saturated heterocycles. The summed E-state index contributed by atoms with van der Waals surface area (Å²) in [7, 11) is -4.13. The Kier molecular flexibility index (Phi) is 3.39. The van der Waals surface area contributed by atoms with Crippen LogP contribution in [0.1, 0.15) is 16.1 Å². The van der Waals surface area contributed by atoms with E-state index < -0.39 is 21.7 Å². The van der Waals surface area contributed by atoms with E-state index in [4.69, 9.17) is 4.42 Å². The maximum Gasteiger partial charge on any atom is 0.300 e. The zero-order chi connectivity index (χ0) is 14.0. The van der Waals surface area contributed by atoms with Crippen molar-refractivity contribution in [3.8, 4) is 0 Å². The quantitative estimate of drug-likeness (QED) is 0.932. The highest BCUT2D eigenvalue weighted by Gasteiger charge is 2.21. The van der Waals surface area contributed by atoms with Crippen molar-refractivity contribution < 1.29 is 22.0 Å². The number of halogens is 1. The van der Waals surface area contributed by atoms with Crippen molar-refractivity contribution in [2.24, 2.45) is 0 Å². The zero-order valence-electron chi connectivity index (χ0n) is 9.88. The number of rotatable bonds is 3. The lowest BCUT2D eigenvalue weighted by Crippen LogP contribution is -2.30. The first-order valence-electron chi connectivity index (χ1n) is 5.26. The lowest BCUT2D eigenvalue weighted by molar-refractivity contribution is 0.0954. The lowest BCUT2D eigenvalue weighted by atomic mass is 10.2. The van der Waals surface area contributed by atoms with Crippen LogP contribution in [0, 0.1) is 12.7 Å². The van der Waals surface area contributed by atoms with Gasteiger partial charge in [-0.25, -0.2) is 17.5 Å². The second kappa shape index (κ2) is 4.85. The molecule has 0 aliphatic rings. The third-order valence-electron chi connectivity index (χ3n) is 2.30. The number of hydrogen-bond acceptors (Lipinski definition) is 4. The Hall–Kier alpha value is -2.15. The first-order valence-corrected chi connectivity index (χ1v) is 6.75. The average Bonchev–Trinajstić information content (AvgIpc) is 2.80. The number of sulfonamides is 1. The summed E-state index contributed by atoms with van der Waals surface area (Å²) in [5.41, 5.74) is 0.436. The first kappa shape index (κ1) is 13.3. The molecule has 2 aromatic rings. The SMILES string of the molecule is Cc1cc(F)cc(S(=O)(=O)NC(=O)c2ccco2)c1. The Balaban J connectivity index is 2.30. The Labute approximate surface area is 109 Å². The fourth-order valence-corrected chi connectivity index (χ4v) is 2.57. The van der Waals surface area contributed by atoms with Gasteiger partial charge in [0.2, 0.25) is 0 Å². The molecule has 0 fully saturated rings. The summed E-state index contributed by atoms with van der Waals surface area (Å²) in [5, 5.41) is 0. The van der Waals surface area contributed by atoms with Crippen molar-refractivity contribution in [2.75, 3.05) is 0 Å². The summed E-state index contributed by atoms with van der Waals surface area (Å²) in [6.07, 6.45) is 1.24. The summed E-state index contributed by atoms with van der Waals surface area (Å²) in [4.78, 5) is 11.3. The van der Waals surface area contributed by atoms with Gasteiger partial charge in [0.1, 0.15) is 5.82 Å². The second-order valence-electron chi connectivity index (χ2n) is 3.88. The van der Waals surface area contributed by atoms with E-state index >= 15 is 0 Å². The van der Waals surface area contributed by atoms with Crippen molar-refractivity contribution in [3.63, 3.8) is 0 Å². The third kappa shape index (κ3) is 3.00. The molecule has 0 unspecified atom stereocenters. The molecule has 7 heteroatoms. The second-order valence-corrected chi connectivity index (χ2v) is 5.56. The van der Waals surface area contributed by atoms with Crippen LogP contribution in [0.4, 0.5) is 4.39 Å². The van der Waals surface area contributed by atoms with Crippen LogP contribution in [0.15, 0.2) is 45.9 Å². The molecule has 0 atom stereocenters.